The van der Waals surface area contributed by atoms with Crippen LogP contribution in [0.1, 0.15) is 66.2 Å². The third-order valence-electron chi connectivity index (χ3n) is 2.84. The molecule has 0 spiro atoms. The van der Waals surface area contributed by atoms with Crippen LogP contribution in [-0.2, 0) is 0 Å². The summed E-state index contributed by atoms with van der Waals surface area (Å²) in [5, 5.41) is 0. The molecular formula is C11H24. The van der Waals surface area contributed by atoms with Gasteiger partial charge in [-0.2, -0.15) is 0 Å². The third-order valence-corrected chi connectivity index (χ3v) is 2.84. The van der Waals surface area contributed by atoms with E-state index in [1.54, 1.807) is 0 Å². The van der Waals surface area contributed by atoms with Gasteiger partial charge in [0.15, 0.2) is 0 Å². The molecule has 0 fully saturated rings. The van der Waals surface area contributed by atoms with Gasteiger partial charge in [0.05, 0.1) is 0 Å². The lowest BCUT2D eigenvalue weighted by molar-refractivity contribution is 0.250. The lowest BCUT2D eigenvalue weighted by Crippen LogP contribution is -2.14. The molecule has 0 aliphatic rings. The molecule has 0 saturated carbocycles. The summed E-state index contributed by atoms with van der Waals surface area (Å²) >= 11 is 0. The largest absolute Gasteiger partial charge is 0.0654 e. The monoisotopic (exact) mass is 156 g/mol. The quantitative estimate of drug-likeness (QED) is 0.535. The van der Waals surface area contributed by atoms with Gasteiger partial charge in [-0.25, -0.2) is 0 Å². The lowest BCUT2D eigenvalue weighted by Gasteiger charge is -2.27. The molecule has 0 heteroatoms. The summed E-state index contributed by atoms with van der Waals surface area (Å²) in [6.45, 7) is 9.33. The molecule has 0 aromatic carbocycles. The van der Waals surface area contributed by atoms with Crippen LogP contribution in [0.25, 0.3) is 0 Å². The minimum absolute atomic E-state index is 0.644. The second kappa shape index (κ2) is 5.62. The minimum Gasteiger partial charge on any atom is -0.0654 e. The molecule has 0 aliphatic heterocycles. The maximum atomic E-state index is 2.44. The van der Waals surface area contributed by atoms with Crippen molar-refractivity contribution in [3.8, 4) is 0 Å². The molecule has 0 bridgehead atoms. The highest BCUT2D eigenvalue weighted by Crippen LogP contribution is 2.32. The molecule has 0 aromatic heterocycles. The Morgan fingerprint density at radius 3 is 1.91 bits per heavy atom. The van der Waals surface area contributed by atoms with E-state index in [-0.39, 0.29) is 0 Å². The van der Waals surface area contributed by atoms with Crippen molar-refractivity contribution in [2.24, 2.45) is 5.41 Å². The summed E-state index contributed by atoms with van der Waals surface area (Å²) in [5.41, 5.74) is 0.644. The molecule has 0 aromatic rings. The Bertz CT molecular complexity index is 86.0. The van der Waals surface area contributed by atoms with Gasteiger partial charge >= 0.3 is 0 Å². The molecule has 0 amide bonds. The Labute approximate surface area is 72.4 Å². The zero-order chi connectivity index (χ0) is 8.74. The first-order valence-corrected chi connectivity index (χ1v) is 5.18. The molecule has 0 rings (SSSR count). The van der Waals surface area contributed by atoms with Crippen LogP contribution in [0.4, 0.5) is 0 Å². The SMILES string of the molecule is CCCCC(C)(CC)CCC. The normalized spacial score (nSPS) is 16.4. The highest BCUT2D eigenvalue weighted by molar-refractivity contribution is 4.71. The summed E-state index contributed by atoms with van der Waals surface area (Å²) in [4.78, 5) is 0. The van der Waals surface area contributed by atoms with Gasteiger partial charge < -0.3 is 0 Å². The van der Waals surface area contributed by atoms with Crippen LogP contribution in [0.3, 0.4) is 0 Å². The molecule has 0 N–H and O–H groups in total. The number of unbranched alkanes of at least 4 members (excludes halogenated alkanes) is 1. The van der Waals surface area contributed by atoms with Crippen LogP contribution in [0, 0.1) is 5.41 Å². The van der Waals surface area contributed by atoms with Crippen LogP contribution in [0.2, 0.25) is 0 Å². The van der Waals surface area contributed by atoms with Gasteiger partial charge in [-0.05, 0) is 18.3 Å². The van der Waals surface area contributed by atoms with E-state index in [0.29, 0.717) is 5.41 Å². The first-order chi connectivity index (χ1) is 5.18. The maximum absolute atomic E-state index is 2.44. The number of hydrogen-bond acceptors (Lipinski definition) is 0. The summed E-state index contributed by atoms with van der Waals surface area (Å²) < 4.78 is 0. The van der Waals surface area contributed by atoms with Gasteiger partial charge in [0.1, 0.15) is 0 Å². The smallest absolute Gasteiger partial charge is 0.0329 e. The molecule has 0 aliphatic carbocycles. The zero-order valence-corrected chi connectivity index (χ0v) is 8.74. The second-order valence-corrected chi connectivity index (χ2v) is 4.02. The van der Waals surface area contributed by atoms with E-state index < -0.39 is 0 Å². The van der Waals surface area contributed by atoms with Gasteiger partial charge in [-0.1, -0.05) is 53.4 Å². The standard InChI is InChI=1S/C11H24/c1-5-8-10-11(4,7-3)9-6-2/h5-10H2,1-4H3. The molecule has 11 heavy (non-hydrogen) atoms. The fourth-order valence-electron chi connectivity index (χ4n) is 1.69. The van der Waals surface area contributed by atoms with Gasteiger partial charge in [0.2, 0.25) is 0 Å². The second-order valence-electron chi connectivity index (χ2n) is 4.02. The topological polar surface area (TPSA) is 0 Å². The van der Waals surface area contributed by atoms with E-state index in [4.69, 9.17) is 0 Å². The van der Waals surface area contributed by atoms with Crippen molar-refractivity contribution in [1.82, 2.24) is 0 Å². The first kappa shape index (κ1) is 11.0. The van der Waals surface area contributed by atoms with Gasteiger partial charge in [0, 0.05) is 0 Å². The van der Waals surface area contributed by atoms with E-state index in [9.17, 15) is 0 Å². The highest BCUT2D eigenvalue weighted by atomic mass is 14.2. The third kappa shape index (κ3) is 4.44. The molecule has 0 nitrogen and oxygen atoms in total. The molecule has 1 atom stereocenters. The van der Waals surface area contributed by atoms with E-state index in [1.165, 1.54) is 38.5 Å². The summed E-state index contributed by atoms with van der Waals surface area (Å²) in [6.07, 6.45) is 8.27. The average molecular weight is 156 g/mol. The highest BCUT2D eigenvalue weighted by Gasteiger charge is 2.19. The van der Waals surface area contributed by atoms with E-state index in [0.717, 1.165) is 0 Å². The van der Waals surface area contributed by atoms with E-state index >= 15 is 0 Å². The van der Waals surface area contributed by atoms with Gasteiger partial charge in [-0.15, -0.1) is 0 Å². The summed E-state index contributed by atoms with van der Waals surface area (Å²) in [6, 6.07) is 0. The van der Waals surface area contributed by atoms with Crippen molar-refractivity contribution in [3.05, 3.63) is 0 Å². The molecule has 0 heterocycles. The fraction of sp³-hybridized carbons (Fsp3) is 1.00. The lowest BCUT2D eigenvalue weighted by atomic mass is 9.79. The van der Waals surface area contributed by atoms with Crippen molar-refractivity contribution in [2.75, 3.05) is 0 Å². The van der Waals surface area contributed by atoms with Crippen LogP contribution >= 0.6 is 0 Å². The summed E-state index contributed by atoms with van der Waals surface area (Å²) in [5.74, 6) is 0. The number of hydrogen-bond donors (Lipinski definition) is 0. The molecule has 1 unspecified atom stereocenters. The predicted octanol–water partition coefficient (Wildman–Crippen LogP) is 4.39. The molecule has 68 valence electrons. The van der Waals surface area contributed by atoms with Crippen LogP contribution < -0.4 is 0 Å². The van der Waals surface area contributed by atoms with E-state index in [1.807, 2.05) is 0 Å². The Kier molecular flexibility index (Phi) is 5.62. The van der Waals surface area contributed by atoms with Crippen molar-refractivity contribution >= 4 is 0 Å². The molecule has 0 saturated heterocycles. The average Bonchev–Trinajstić information content (AvgIpc) is 2.02. The Morgan fingerprint density at radius 2 is 1.55 bits per heavy atom. The molecule has 0 radical (unpaired) electrons. The van der Waals surface area contributed by atoms with Crippen LogP contribution in [0.5, 0.6) is 0 Å². The molecular weight excluding hydrogens is 132 g/mol. The first-order valence-electron chi connectivity index (χ1n) is 5.18. The van der Waals surface area contributed by atoms with Crippen LogP contribution in [0.15, 0.2) is 0 Å². The predicted molar refractivity (Wildman–Crippen MR) is 52.8 cm³/mol. The van der Waals surface area contributed by atoms with Crippen molar-refractivity contribution < 1.29 is 0 Å². The van der Waals surface area contributed by atoms with Crippen molar-refractivity contribution in [3.63, 3.8) is 0 Å². The van der Waals surface area contributed by atoms with Crippen LogP contribution in [-0.4, -0.2) is 0 Å². The van der Waals surface area contributed by atoms with Gasteiger partial charge in [0.25, 0.3) is 0 Å². The Morgan fingerprint density at radius 1 is 0.909 bits per heavy atom. The zero-order valence-electron chi connectivity index (χ0n) is 8.74. The fourth-order valence-corrected chi connectivity index (χ4v) is 1.69. The number of rotatable bonds is 6. The van der Waals surface area contributed by atoms with E-state index in [2.05, 4.69) is 27.7 Å². The maximum Gasteiger partial charge on any atom is -0.0329 e. The van der Waals surface area contributed by atoms with Gasteiger partial charge in [-0.3, -0.25) is 0 Å². The minimum atomic E-state index is 0.644. The summed E-state index contributed by atoms with van der Waals surface area (Å²) in [7, 11) is 0. The Hall–Kier alpha value is 0. The van der Waals surface area contributed by atoms with Crippen molar-refractivity contribution in [2.45, 2.75) is 66.2 Å². The van der Waals surface area contributed by atoms with Crippen molar-refractivity contribution in [1.29, 1.82) is 0 Å². The Balaban J connectivity index is 3.68.